The highest BCUT2D eigenvalue weighted by Gasteiger charge is 2.00. The molecule has 0 radical (unpaired) electrons. The summed E-state index contributed by atoms with van der Waals surface area (Å²) in [6.07, 6.45) is 0. The first kappa shape index (κ1) is 8.00. The number of thiocarbonyl (C=S) groups is 1. The summed E-state index contributed by atoms with van der Waals surface area (Å²) in [5.74, 6) is 0. The Bertz CT molecular complexity index is 525. The number of benzene rings is 1. The molecule has 0 atom stereocenters. The highest BCUT2D eigenvalue weighted by atomic mass is 32.1. The van der Waals surface area contributed by atoms with Crippen molar-refractivity contribution in [3.05, 3.63) is 34.2 Å². The molecule has 5 heteroatoms. The minimum atomic E-state index is -0.227. The summed E-state index contributed by atoms with van der Waals surface area (Å²) in [5.41, 5.74) is 7.43. The minimum Gasteiger partial charge on any atom is -0.389 e. The van der Waals surface area contributed by atoms with E-state index in [-0.39, 0.29) is 5.69 Å². The third-order valence-electron chi connectivity index (χ3n) is 1.80. The van der Waals surface area contributed by atoms with Gasteiger partial charge in [0.1, 0.15) is 4.99 Å². The minimum absolute atomic E-state index is 0.227. The van der Waals surface area contributed by atoms with E-state index in [0.717, 1.165) is 16.6 Å². The molecule has 4 N–H and O–H groups in total. The quantitative estimate of drug-likeness (QED) is 0.577. The molecule has 0 fully saturated rings. The van der Waals surface area contributed by atoms with Crippen LogP contribution in [0, 0.1) is 0 Å². The van der Waals surface area contributed by atoms with E-state index in [9.17, 15) is 4.79 Å². The Morgan fingerprint density at radius 1 is 1.31 bits per heavy atom. The molecule has 0 aliphatic rings. The number of hydrogen-bond acceptors (Lipinski definition) is 2. The zero-order valence-corrected chi connectivity index (χ0v) is 7.44. The Kier molecular flexibility index (Phi) is 1.66. The van der Waals surface area contributed by atoms with E-state index in [1.165, 1.54) is 0 Å². The number of rotatable bonds is 1. The van der Waals surface area contributed by atoms with E-state index < -0.39 is 0 Å². The van der Waals surface area contributed by atoms with Gasteiger partial charge in [-0.05, 0) is 18.2 Å². The average molecular weight is 193 g/mol. The average Bonchev–Trinajstić information content (AvgIpc) is 2.42. The lowest BCUT2D eigenvalue weighted by Gasteiger charge is -1.96. The van der Waals surface area contributed by atoms with E-state index in [1.807, 2.05) is 0 Å². The second-order valence-electron chi connectivity index (χ2n) is 2.70. The lowest BCUT2D eigenvalue weighted by molar-refractivity contribution is 1.21. The van der Waals surface area contributed by atoms with Crippen LogP contribution in [-0.4, -0.2) is 15.0 Å². The van der Waals surface area contributed by atoms with Gasteiger partial charge in [0.05, 0.1) is 11.0 Å². The largest absolute Gasteiger partial charge is 0.389 e. The van der Waals surface area contributed by atoms with E-state index in [4.69, 9.17) is 18.0 Å². The maximum absolute atomic E-state index is 10.9. The first-order chi connectivity index (χ1) is 6.16. The zero-order valence-electron chi connectivity index (χ0n) is 6.63. The maximum Gasteiger partial charge on any atom is 0.323 e. The molecule has 0 amide bonds. The molecule has 1 aromatic carbocycles. The molecule has 0 saturated heterocycles. The Morgan fingerprint density at radius 2 is 2.00 bits per heavy atom. The molecule has 4 nitrogen and oxygen atoms in total. The molecular formula is C8H7N3OS. The standard InChI is InChI=1S/C8H7N3OS/c9-7(13)4-1-2-5-6(3-4)11-8(12)10-5/h1-3H,(H2,9,13)(H2,10,11,12). The number of aromatic nitrogens is 2. The van der Waals surface area contributed by atoms with Crippen molar-refractivity contribution < 1.29 is 0 Å². The molecule has 0 aliphatic heterocycles. The monoisotopic (exact) mass is 193 g/mol. The predicted molar refractivity (Wildman–Crippen MR) is 54.8 cm³/mol. The van der Waals surface area contributed by atoms with Crippen molar-refractivity contribution in [3.63, 3.8) is 0 Å². The van der Waals surface area contributed by atoms with E-state index in [0.29, 0.717) is 4.99 Å². The van der Waals surface area contributed by atoms with Crippen LogP contribution in [0.5, 0.6) is 0 Å². The molecule has 66 valence electrons. The predicted octanol–water partition coefficient (Wildman–Crippen LogP) is 0.490. The highest BCUT2D eigenvalue weighted by Crippen LogP contribution is 2.09. The summed E-state index contributed by atoms with van der Waals surface area (Å²) >= 11 is 4.81. The summed E-state index contributed by atoms with van der Waals surface area (Å²) in [6.45, 7) is 0. The fourth-order valence-corrected chi connectivity index (χ4v) is 1.31. The van der Waals surface area contributed by atoms with Crippen molar-refractivity contribution in [1.29, 1.82) is 0 Å². The van der Waals surface area contributed by atoms with Crippen LogP contribution in [0.3, 0.4) is 0 Å². The first-order valence-electron chi connectivity index (χ1n) is 3.68. The van der Waals surface area contributed by atoms with Crippen LogP contribution >= 0.6 is 12.2 Å². The Morgan fingerprint density at radius 3 is 2.69 bits per heavy atom. The lowest BCUT2D eigenvalue weighted by Crippen LogP contribution is -2.08. The van der Waals surface area contributed by atoms with Crippen LogP contribution in [0.25, 0.3) is 11.0 Å². The molecule has 1 heterocycles. The Hall–Kier alpha value is -1.62. The molecule has 1 aromatic heterocycles. The molecule has 0 saturated carbocycles. The van der Waals surface area contributed by atoms with Crippen LogP contribution in [0.15, 0.2) is 23.0 Å². The highest BCUT2D eigenvalue weighted by molar-refractivity contribution is 7.80. The summed E-state index contributed by atoms with van der Waals surface area (Å²) in [6, 6.07) is 5.28. The third kappa shape index (κ3) is 1.33. The van der Waals surface area contributed by atoms with E-state index in [2.05, 4.69) is 9.97 Å². The molecule has 2 aromatic rings. The fraction of sp³-hybridized carbons (Fsp3) is 0. The molecule has 0 spiro atoms. The van der Waals surface area contributed by atoms with Crippen molar-refractivity contribution in [2.24, 2.45) is 5.73 Å². The Balaban J connectivity index is 2.74. The molecule has 13 heavy (non-hydrogen) atoms. The van der Waals surface area contributed by atoms with Crippen LogP contribution in [0.2, 0.25) is 0 Å². The summed E-state index contributed by atoms with van der Waals surface area (Å²) in [4.78, 5) is 16.5. The van der Waals surface area contributed by atoms with Gasteiger partial charge in [-0.15, -0.1) is 0 Å². The zero-order chi connectivity index (χ0) is 9.42. The topological polar surface area (TPSA) is 74.7 Å². The van der Waals surface area contributed by atoms with Crippen molar-refractivity contribution in [2.45, 2.75) is 0 Å². The van der Waals surface area contributed by atoms with Crippen LogP contribution in [0.4, 0.5) is 0 Å². The number of nitrogens with one attached hydrogen (secondary N) is 2. The first-order valence-corrected chi connectivity index (χ1v) is 4.09. The van der Waals surface area contributed by atoms with Gasteiger partial charge < -0.3 is 15.7 Å². The molecule has 0 aliphatic carbocycles. The van der Waals surface area contributed by atoms with Crippen LogP contribution in [0.1, 0.15) is 5.56 Å². The maximum atomic E-state index is 10.9. The smallest absolute Gasteiger partial charge is 0.323 e. The van der Waals surface area contributed by atoms with Crippen molar-refractivity contribution in [3.8, 4) is 0 Å². The van der Waals surface area contributed by atoms with E-state index in [1.54, 1.807) is 18.2 Å². The lowest BCUT2D eigenvalue weighted by atomic mass is 10.2. The molecule has 0 bridgehead atoms. The van der Waals surface area contributed by atoms with Gasteiger partial charge >= 0.3 is 5.69 Å². The summed E-state index contributed by atoms with van der Waals surface area (Å²) < 4.78 is 0. The number of fused-ring (bicyclic) bond motifs is 1. The normalized spacial score (nSPS) is 10.5. The number of nitrogens with two attached hydrogens (primary N) is 1. The molecular weight excluding hydrogens is 186 g/mol. The van der Waals surface area contributed by atoms with Crippen molar-refractivity contribution >= 4 is 28.2 Å². The fourth-order valence-electron chi connectivity index (χ4n) is 1.19. The van der Waals surface area contributed by atoms with Gasteiger partial charge in [-0.3, -0.25) is 0 Å². The van der Waals surface area contributed by atoms with Gasteiger partial charge in [-0.25, -0.2) is 4.79 Å². The second kappa shape index (κ2) is 2.70. The van der Waals surface area contributed by atoms with Gasteiger partial charge in [0.2, 0.25) is 0 Å². The van der Waals surface area contributed by atoms with E-state index >= 15 is 0 Å². The van der Waals surface area contributed by atoms with Crippen molar-refractivity contribution in [1.82, 2.24) is 9.97 Å². The number of hydrogen-bond donors (Lipinski definition) is 3. The van der Waals surface area contributed by atoms with Gasteiger partial charge in [0.15, 0.2) is 0 Å². The van der Waals surface area contributed by atoms with Crippen molar-refractivity contribution in [2.75, 3.05) is 0 Å². The number of imidazole rings is 1. The summed E-state index contributed by atoms with van der Waals surface area (Å²) in [5, 5.41) is 0. The van der Waals surface area contributed by atoms with Gasteiger partial charge in [0.25, 0.3) is 0 Å². The third-order valence-corrected chi connectivity index (χ3v) is 2.04. The van der Waals surface area contributed by atoms with Gasteiger partial charge in [0, 0.05) is 5.56 Å². The molecule has 2 rings (SSSR count). The van der Waals surface area contributed by atoms with Crippen LogP contribution in [-0.2, 0) is 0 Å². The van der Waals surface area contributed by atoms with Gasteiger partial charge in [-0.1, -0.05) is 12.2 Å². The van der Waals surface area contributed by atoms with Crippen LogP contribution < -0.4 is 11.4 Å². The number of aromatic amines is 2. The summed E-state index contributed by atoms with van der Waals surface area (Å²) in [7, 11) is 0. The van der Waals surface area contributed by atoms with Gasteiger partial charge in [-0.2, -0.15) is 0 Å². The number of H-pyrrole nitrogens is 2. The Labute approximate surface area is 78.8 Å². The molecule has 0 unspecified atom stereocenters. The second-order valence-corrected chi connectivity index (χ2v) is 3.14. The SMILES string of the molecule is NC(=S)c1ccc2[nH]c(=O)[nH]c2c1.